The molecule has 6 heteroatoms. The Hall–Kier alpha value is -1.69. The number of primary sulfonamides is 1. The molecular weight excluding hydrogens is 332 g/mol. The number of hydrogen-bond donors (Lipinski definition) is 1. The Balaban J connectivity index is 2.04. The second-order valence-electron chi connectivity index (χ2n) is 5.67. The second-order valence-corrected chi connectivity index (χ2v) is 7.64. The molecule has 1 aliphatic rings. The van der Waals surface area contributed by atoms with Crippen molar-refractivity contribution in [3.63, 3.8) is 0 Å². The van der Waals surface area contributed by atoms with Gasteiger partial charge < -0.3 is 0 Å². The molecule has 120 valence electrons. The standard InChI is InChI=1S/C17H17ClN2O2S/c1-11-17(18)9-13(10-20-11)16-4-2-3-15(16)12-5-7-14(8-6-12)23(19,21)22/h5-10H,2-4H2,1H3,(H2,19,21,22). The van der Waals surface area contributed by atoms with Crippen LogP contribution in [0.5, 0.6) is 0 Å². The van der Waals surface area contributed by atoms with Gasteiger partial charge in [-0.25, -0.2) is 13.6 Å². The van der Waals surface area contributed by atoms with E-state index in [0.717, 1.165) is 36.1 Å². The fourth-order valence-electron chi connectivity index (χ4n) is 2.90. The number of sulfonamides is 1. The molecule has 2 N–H and O–H groups in total. The van der Waals surface area contributed by atoms with Crippen LogP contribution < -0.4 is 5.14 Å². The third kappa shape index (κ3) is 3.32. The van der Waals surface area contributed by atoms with Gasteiger partial charge in [-0.05, 0) is 66.7 Å². The topological polar surface area (TPSA) is 73.0 Å². The lowest BCUT2D eigenvalue weighted by Crippen LogP contribution is -2.11. The van der Waals surface area contributed by atoms with E-state index >= 15 is 0 Å². The van der Waals surface area contributed by atoms with Crippen LogP contribution in [0.25, 0.3) is 11.1 Å². The van der Waals surface area contributed by atoms with Gasteiger partial charge in [0.15, 0.2) is 0 Å². The van der Waals surface area contributed by atoms with E-state index in [4.69, 9.17) is 16.7 Å². The lowest BCUT2D eigenvalue weighted by molar-refractivity contribution is 0.598. The summed E-state index contributed by atoms with van der Waals surface area (Å²) in [6, 6.07) is 8.67. The van der Waals surface area contributed by atoms with Crippen molar-refractivity contribution in [2.24, 2.45) is 5.14 Å². The van der Waals surface area contributed by atoms with Crippen molar-refractivity contribution >= 4 is 32.8 Å². The van der Waals surface area contributed by atoms with Crippen LogP contribution in [-0.2, 0) is 10.0 Å². The van der Waals surface area contributed by atoms with E-state index in [-0.39, 0.29) is 4.90 Å². The zero-order valence-corrected chi connectivity index (χ0v) is 14.3. The number of rotatable bonds is 3. The summed E-state index contributed by atoms with van der Waals surface area (Å²) in [6.07, 6.45) is 4.83. The molecule has 0 fully saturated rings. The fourth-order valence-corrected chi connectivity index (χ4v) is 3.58. The van der Waals surface area contributed by atoms with E-state index < -0.39 is 10.0 Å². The molecular formula is C17H17ClN2O2S. The van der Waals surface area contributed by atoms with Crippen LogP contribution in [0.15, 0.2) is 41.4 Å². The Morgan fingerprint density at radius 2 is 1.70 bits per heavy atom. The van der Waals surface area contributed by atoms with Gasteiger partial charge in [-0.3, -0.25) is 4.98 Å². The predicted molar refractivity (Wildman–Crippen MR) is 92.5 cm³/mol. The average Bonchev–Trinajstić information content (AvgIpc) is 2.99. The molecule has 0 unspecified atom stereocenters. The maximum atomic E-state index is 11.4. The van der Waals surface area contributed by atoms with Gasteiger partial charge in [-0.15, -0.1) is 0 Å². The van der Waals surface area contributed by atoms with Gasteiger partial charge in [0.25, 0.3) is 0 Å². The SMILES string of the molecule is Cc1ncc(C2=C(c3ccc(S(N)(=O)=O)cc3)CCC2)cc1Cl. The van der Waals surface area contributed by atoms with E-state index in [1.165, 1.54) is 11.1 Å². The zero-order chi connectivity index (χ0) is 16.6. The van der Waals surface area contributed by atoms with Gasteiger partial charge in [0.1, 0.15) is 0 Å². The molecule has 1 heterocycles. The van der Waals surface area contributed by atoms with E-state index in [1.807, 2.05) is 31.3 Å². The van der Waals surface area contributed by atoms with Crippen LogP contribution in [0.1, 0.15) is 36.1 Å². The van der Waals surface area contributed by atoms with Crippen LogP contribution in [0, 0.1) is 6.92 Å². The smallest absolute Gasteiger partial charge is 0.238 e. The van der Waals surface area contributed by atoms with Gasteiger partial charge in [-0.1, -0.05) is 23.7 Å². The Kier molecular flexibility index (Phi) is 4.27. The summed E-state index contributed by atoms with van der Waals surface area (Å²) < 4.78 is 22.7. The number of hydrogen-bond acceptors (Lipinski definition) is 3. The normalized spacial score (nSPS) is 15.3. The molecule has 1 aromatic heterocycles. The minimum absolute atomic E-state index is 0.126. The molecule has 23 heavy (non-hydrogen) atoms. The largest absolute Gasteiger partial charge is 0.259 e. The van der Waals surface area contributed by atoms with Crippen LogP contribution in [0.3, 0.4) is 0 Å². The van der Waals surface area contributed by atoms with Gasteiger partial charge >= 0.3 is 0 Å². The number of halogens is 1. The Bertz CT molecular complexity index is 887. The highest BCUT2D eigenvalue weighted by Crippen LogP contribution is 2.40. The van der Waals surface area contributed by atoms with E-state index in [0.29, 0.717) is 5.02 Å². The molecule has 1 aliphatic carbocycles. The van der Waals surface area contributed by atoms with Crippen molar-refractivity contribution in [3.05, 3.63) is 58.4 Å². The molecule has 0 saturated carbocycles. The second kappa shape index (κ2) is 6.07. The maximum Gasteiger partial charge on any atom is 0.238 e. The number of nitrogens with two attached hydrogens (primary N) is 1. The van der Waals surface area contributed by atoms with Gasteiger partial charge in [0.2, 0.25) is 10.0 Å². The molecule has 3 rings (SSSR count). The minimum Gasteiger partial charge on any atom is -0.259 e. The Labute approximate surface area is 141 Å². The molecule has 2 aromatic rings. The lowest BCUT2D eigenvalue weighted by atomic mass is 9.98. The fraction of sp³-hybridized carbons (Fsp3) is 0.235. The number of pyridine rings is 1. The molecule has 1 aromatic carbocycles. The van der Waals surface area contributed by atoms with Crippen molar-refractivity contribution in [3.8, 4) is 0 Å². The molecule has 0 bridgehead atoms. The zero-order valence-electron chi connectivity index (χ0n) is 12.7. The first-order valence-corrected chi connectivity index (χ1v) is 9.26. The van der Waals surface area contributed by atoms with Gasteiger partial charge in [0, 0.05) is 6.20 Å². The monoisotopic (exact) mass is 348 g/mol. The molecule has 4 nitrogen and oxygen atoms in total. The van der Waals surface area contributed by atoms with Crippen LogP contribution >= 0.6 is 11.6 Å². The summed E-state index contributed by atoms with van der Waals surface area (Å²) in [4.78, 5) is 4.46. The van der Waals surface area contributed by atoms with Crippen LogP contribution in [0.4, 0.5) is 0 Å². The summed E-state index contributed by atoms with van der Waals surface area (Å²) in [5, 5.41) is 5.80. The van der Waals surface area contributed by atoms with Crippen LogP contribution in [0.2, 0.25) is 5.02 Å². The minimum atomic E-state index is -3.66. The Morgan fingerprint density at radius 1 is 1.09 bits per heavy atom. The summed E-state index contributed by atoms with van der Waals surface area (Å²) in [6.45, 7) is 1.88. The first-order chi connectivity index (χ1) is 10.9. The molecule has 0 radical (unpaired) electrons. The van der Waals surface area contributed by atoms with E-state index in [2.05, 4.69) is 4.98 Å². The lowest BCUT2D eigenvalue weighted by Gasteiger charge is -2.10. The number of allylic oxidation sites excluding steroid dienone is 2. The van der Waals surface area contributed by atoms with Crippen molar-refractivity contribution in [1.82, 2.24) is 4.98 Å². The number of benzene rings is 1. The van der Waals surface area contributed by atoms with E-state index in [9.17, 15) is 8.42 Å². The van der Waals surface area contributed by atoms with Crippen molar-refractivity contribution in [2.75, 3.05) is 0 Å². The van der Waals surface area contributed by atoms with Crippen molar-refractivity contribution < 1.29 is 8.42 Å². The van der Waals surface area contributed by atoms with Gasteiger partial charge in [0.05, 0.1) is 15.6 Å². The molecule has 0 aliphatic heterocycles. The molecule has 0 atom stereocenters. The average molecular weight is 349 g/mol. The molecule has 0 saturated heterocycles. The first kappa shape index (κ1) is 16.2. The molecule has 0 spiro atoms. The number of aromatic nitrogens is 1. The number of aryl methyl sites for hydroxylation is 1. The van der Waals surface area contributed by atoms with Crippen LogP contribution in [-0.4, -0.2) is 13.4 Å². The Morgan fingerprint density at radius 3 is 2.26 bits per heavy atom. The number of nitrogens with zero attached hydrogens (tertiary/aromatic N) is 1. The summed E-state index contributed by atoms with van der Waals surface area (Å²) in [5.74, 6) is 0. The van der Waals surface area contributed by atoms with Crippen molar-refractivity contribution in [2.45, 2.75) is 31.1 Å². The van der Waals surface area contributed by atoms with E-state index in [1.54, 1.807) is 12.1 Å². The first-order valence-electron chi connectivity index (χ1n) is 7.34. The summed E-state index contributed by atoms with van der Waals surface area (Å²) >= 11 is 6.19. The van der Waals surface area contributed by atoms with Gasteiger partial charge in [-0.2, -0.15) is 0 Å². The molecule has 0 amide bonds. The maximum absolute atomic E-state index is 11.4. The third-order valence-electron chi connectivity index (χ3n) is 4.12. The highest BCUT2D eigenvalue weighted by molar-refractivity contribution is 7.89. The summed E-state index contributed by atoms with van der Waals surface area (Å²) in [5.41, 5.74) is 5.30. The quantitative estimate of drug-likeness (QED) is 0.917. The third-order valence-corrected chi connectivity index (χ3v) is 5.43. The highest BCUT2D eigenvalue weighted by atomic mass is 35.5. The summed E-state index contributed by atoms with van der Waals surface area (Å²) in [7, 11) is -3.66. The highest BCUT2D eigenvalue weighted by Gasteiger charge is 2.19. The van der Waals surface area contributed by atoms with Crippen molar-refractivity contribution in [1.29, 1.82) is 0 Å². The predicted octanol–water partition coefficient (Wildman–Crippen LogP) is 3.79.